The van der Waals surface area contributed by atoms with E-state index >= 15 is 0 Å². The van der Waals surface area contributed by atoms with E-state index in [0.29, 0.717) is 6.54 Å². The molecule has 1 heterocycles. The van der Waals surface area contributed by atoms with Crippen LogP contribution in [0, 0.1) is 0 Å². The Balaban J connectivity index is 2.07. The van der Waals surface area contributed by atoms with E-state index < -0.39 is 6.10 Å². The first kappa shape index (κ1) is 8.97. The Morgan fingerprint density at radius 1 is 1.21 bits per heavy atom. The summed E-state index contributed by atoms with van der Waals surface area (Å²) < 4.78 is 1.72. The molecule has 3 nitrogen and oxygen atoms in total. The first-order chi connectivity index (χ1) is 6.86. The van der Waals surface area contributed by atoms with Gasteiger partial charge in [0.25, 0.3) is 0 Å². The number of aliphatic hydroxyl groups excluding tert-OH is 1. The molecular weight excluding hydrogens is 176 g/mol. The molecule has 2 rings (SSSR count). The average molecular weight is 188 g/mol. The molecule has 3 heteroatoms. The van der Waals surface area contributed by atoms with Crippen LogP contribution in [0.5, 0.6) is 0 Å². The van der Waals surface area contributed by atoms with Crippen LogP contribution in [0.2, 0.25) is 0 Å². The highest BCUT2D eigenvalue weighted by molar-refractivity contribution is 5.17. The molecular formula is C11H12N2O. The van der Waals surface area contributed by atoms with E-state index in [1.165, 1.54) is 0 Å². The second-order valence-corrected chi connectivity index (χ2v) is 3.15. The molecule has 0 fully saturated rings. The predicted molar refractivity (Wildman–Crippen MR) is 53.6 cm³/mol. The van der Waals surface area contributed by atoms with Gasteiger partial charge in [-0.2, -0.15) is 5.10 Å². The van der Waals surface area contributed by atoms with Gasteiger partial charge in [0.2, 0.25) is 0 Å². The lowest BCUT2D eigenvalue weighted by molar-refractivity contribution is 0.151. The molecule has 14 heavy (non-hydrogen) atoms. The lowest BCUT2D eigenvalue weighted by Gasteiger charge is -2.10. The predicted octanol–water partition coefficient (Wildman–Crippen LogP) is 1.62. The molecule has 1 aromatic carbocycles. The molecule has 0 bridgehead atoms. The fourth-order valence-corrected chi connectivity index (χ4v) is 1.37. The fourth-order valence-electron chi connectivity index (χ4n) is 1.37. The third kappa shape index (κ3) is 2.00. The van der Waals surface area contributed by atoms with E-state index in [1.807, 2.05) is 42.6 Å². The normalized spacial score (nSPS) is 12.6. The van der Waals surface area contributed by atoms with Crippen molar-refractivity contribution in [2.45, 2.75) is 12.6 Å². The zero-order valence-corrected chi connectivity index (χ0v) is 7.74. The van der Waals surface area contributed by atoms with Crippen LogP contribution in [-0.2, 0) is 6.54 Å². The number of benzene rings is 1. The number of hydrogen-bond donors (Lipinski definition) is 1. The minimum Gasteiger partial charge on any atom is -0.386 e. The standard InChI is InChI=1S/C11H12N2O/c14-11(9-13-8-4-7-12-13)10-5-2-1-3-6-10/h1-8,11,14H,9H2/t11-/m1/s1. The zero-order chi connectivity index (χ0) is 9.80. The second-order valence-electron chi connectivity index (χ2n) is 3.15. The number of hydrogen-bond acceptors (Lipinski definition) is 2. The summed E-state index contributed by atoms with van der Waals surface area (Å²) in [6.45, 7) is 0.497. The quantitative estimate of drug-likeness (QED) is 0.794. The van der Waals surface area contributed by atoms with Crippen LogP contribution in [0.1, 0.15) is 11.7 Å². The van der Waals surface area contributed by atoms with Gasteiger partial charge in [-0.3, -0.25) is 4.68 Å². The zero-order valence-electron chi connectivity index (χ0n) is 7.74. The molecule has 0 radical (unpaired) electrons. The molecule has 0 aliphatic carbocycles. The third-order valence-electron chi connectivity index (χ3n) is 2.10. The van der Waals surface area contributed by atoms with Crippen LogP contribution in [-0.4, -0.2) is 14.9 Å². The molecule has 1 atom stereocenters. The lowest BCUT2D eigenvalue weighted by atomic mass is 10.1. The maximum Gasteiger partial charge on any atom is 0.0985 e. The van der Waals surface area contributed by atoms with Crippen molar-refractivity contribution in [3.63, 3.8) is 0 Å². The molecule has 0 saturated carbocycles. The highest BCUT2D eigenvalue weighted by atomic mass is 16.3. The maximum absolute atomic E-state index is 9.83. The Kier molecular flexibility index (Phi) is 2.60. The molecule has 0 unspecified atom stereocenters. The molecule has 72 valence electrons. The Morgan fingerprint density at radius 3 is 2.64 bits per heavy atom. The van der Waals surface area contributed by atoms with Gasteiger partial charge in [-0.25, -0.2) is 0 Å². The largest absolute Gasteiger partial charge is 0.386 e. The van der Waals surface area contributed by atoms with E-state index in [2.05, 4.69) is 5.10 Å². The van der Waals surface area contributed by atoms with Crippen molar-refractivity contribution in [2.24, 2.45) is 0 Å². The van der Waals surface area contributed by atoms with Gasteiger partial charge in [0.1, 0.15) is 0 Å². The van der Waals surface area contributed by atoms with Gasteiger partial charge >= 0.3 is 0 Å². The maximum atomic E-state index is 9.83. The Labute approximate surface area is 82.6 Å². The van der Waals surface area contributed by atoms with Crippen LogP contribution in [0.4, 0.5) is 0 Å². The molecule has 1 N–H and O–H groups in total. The number of nitrogens with zero attached hydrogens (tertiary/aromatic N) is 2. The summed E-state index contributed by atoms with van der Waals surface area (Å²) in [5, 5.41) is 13.9. The minimum atomic E-state index is -0.490. The van der Waals surface area contributed by atoms with E-state index in [4.69, 9.17) is 0 Å². The lowest BCUT2D eigenvalue weighted by Crippen LogP contribution is -2.08. The SMILES string of the molecule is O[C@H](Cn1cccn1)c1ccccc1. The van der Waals surface area contributed by atoms with E-state index in [0.717, 1.165) is 5.56 Å². The molecule has 0 saturated heterocycles. The van der Waals surface area contributed by atoms with Crippen molar-refractivity contribution in [3.05, 3.63) is 54.4 Å². The summed E-state index contributed by atoms with van der Waals surface area (Å²) in [6.07, 6.45) is 3.06. The van der Waals surface area contributed by atoms with E-state index in [-0.39, 0.29) is 0 Å². The first-order valence-electron chi connectivity index (χ1n) is 4.57. The van der Waals surface area contributed by atoms with Crippen molar-refractivity contribution in [1.29, 1.82) is 0 Å². The summed E-state index contributed by atoms with van der Waals surface area (Å²) >= 11 is 0. The number of aliphatic hydroxyl groups is 1. The van der Waals surface area contributed by atoms with Gasteiger partial charge in [0, 0.05) is 12.4 Å². The Bertz CT molecular complexity index is 369. The molecule has 0 amide bonds. The smallest absolute Gasteiger partial charge is 0.0985 e. The van der Waals surface area contributed by atoms with Crippen molar-refractivity contribution in [1.82, 2.24) is 9.78 Å². The van der Waals surface area contributed by atoms with Crippen LogP contribution < -0.4 is 0 Å². The number of rotatable bonds is 3. The van der Waals surface area contributed by atoms with Crippen molar-refractivity contribution < 1.29 is 5.11 Å². The Morgan fingerprint density at radius 2 is 2.00 bits per heavy atom. The second kappa shape index (κ2) is 4.07. The summed E-state index contributed by atoms with van der Waals surface area (Å²) in [5.74, 6) is 0. The summed E-state index contributed by atoms with van der Waals surface area (Å²) in [5.41, 5.74) is 0.919. The third-order valence-corrected chi connectivity index (χ3v) is 2.10. The van der Waals surface area contributed by atoms with E-state index in [1.54, 1.807) is 10.9 Å². The van der Waals surface area contributed by atoms with Gasteiger partial charge in [0.15, 0.2) is 0 Å². The fraction of sp³-hybridized carbons (Fsp3) is 0.182. The molecule has 0 spiro atoms. The molecule has 1 aromatic heterocycles. The molecule has 0 aliphatic heterocycles. The highest BCUT2D eigenvalue weighted by Crippen LogP contribution is 2.13. The minimum absolute atomic E-state index is 0.490. The van der Waals surface area contributed by atoms with Crippen LogP contribution >= 0.6 is 0 Å². The van der Waals surface area contributed by atoms with Gasteiger partial charge < -0.3 is 5.11 Å². The molecule has 2 aromatic rings. The summed E-state index contributed by atoms with van der Waals surface area (Å²) in [6, 6.07) is 11.4. The molecule has 0 aliphatic rings. The van der Waals surface area contributed by atoms with Gasteiger partial charge in [0.05, 0.1) is 12.6 Å². The Hall–Kier alpha value is -1.61. The first-order valence-corrected chi connectivity index (χ1v) is 4.57. The van der Waals surface area contributed by atoms with Crippen molar-refractivity contribution in [2.75, 3.05) is 0 Å². The van der Waals surface area contributed by atoms with Crippen LogP contribution in [0.15, 0.2) is 48.8 Å². The number of aromatic nitrogens is 2. The topological polar surface area (TPSA) is 38.0 Å². The monoisotopic (exact) mass is 188 g/mol. The van der Waals surface area contributed by atoms with E-state index in [9.17, 15) is 5.11 Å². The summed E-state index contributed by atoms with van der Waals surface area (Å²) in [7, 11) is 0. The van der Waals surface area contributed by atoms with Gasteiger partial charge in [-0.1, -0.05) is 30.3 Å². The summed E-state index contributed by atoms with van der Waals surface area (Å²) in [4.78, 5) is 0. The van der Waals surface area contributed by atoms with Crippen molar-refractivity contribution in [3.8, 4) is 0 Å². The van der Waals surface area contributed by atoms with Gasteiger partial charge in [-0.15, -0.1) is 0 Å². The highest BCUT2D eigenvalue weighted by Gasteiger charge is 2.06. The van der Waals surface area contributed by atoms with Gasteiger partial charge in [-0.05, 0) is 11.6 Å². The van der Waals surface area contributed by atoms with Crippen LogP contribution in [0.25, 0.3) is 0 Å². The average Bonchev–Trinajstić information content (AvgIpc) is 2.72. The van der Waals surface area contributed by atoms with Crippen molar-refractivity contribution >= 4 is 0 Å². The van der Waals surface area contributed by atoms with Crippen LogP contribution in [0.3, 0.4) is 0 Å².